The number of ether oxygens (including phenoxy) is 2. The number of halogens is 2. The molecule has 1 aliphatic heterocycles. The number of methoxy groups -OCH3 is 1. The van der Waals surface area contributed by atoms with E-state index in [9.17, 15) is 9.18 Å². The highest BCUT2D eigenvalue weighted by Gasteiger charge is 2.28. The molecule has 0 bridgehead atoms. The van der Waals surface area contributed by atoms with Crippen LogP contribution in [-0.4, -0.2) is 52.8 Å². The molecule has 1 atom stereocenters. The molecule has 3 aromatic rings. The number of anilines is 2. The van der Waals surface area contributed by atoms with E-state index in [-0.39, 0.29) is 17.0 Å². The van der Waals surface area contributed by atoms with Crippen LogP contribution < -0.4 is 14.8 Å². The fourth-order valence-corrected chi connectivity index (χ4v) is 3.98. The predicted molar refractivity (Wildman–Crippen MR) is 125 cm³/mol. The number of nitrogens with zero attached hydrogens (tertiary/aromatic N) is 3. The number of likely N-dealkylation sites (tertiary alicyclic amines) is 1. The highest BCUT2D eigenvalue weighted by molar-refractivity contribution is 7.80. The van der Waals surface area contributed by atoms with Crippen molar-refractivity contribution >= 4 is 52.5 Å². The fourth-order valence-electron chi connectivity index (χ4n) is 3.61. The topological polar surface area (TPSA) is 76.6 Å². The number of aromatic nitrogens is 2. The number of nitrogens with one attached hydrogen (secondary N) is 1. The molecular formula is C22H22ClFN4O3S. The number of fused-ring (bicyclic) bond motifs is 1. The van der Waals surface area contributed by atoms with Crippen molar-refractivity contribution in [3.8, 4) is 11.5 Å². The fraction of sp³-hybridized carbons (Fsp3) is 0.318. The van der Waals surface area contributed by atoms with E-state index in [1.165, 1.54) is 18.5 Å². The second-order valence-electron chi connectivity index (χ2n) is 7.34. The van der Waals surface area contributed by atoms with E-state index in [0.717, 1.165) is 6.42 Å². The molecule has 4 rings (SSSR count). The minimum atomic E-state index is -0.497. The van der Waals surface area contributed by atoms with Gasteiger partial charge in [0.05, 0.1) is 24.2 Å². The lowest BCUT2D eigenvalue weighted by Gasteiger charge is -2.19. The van der Waals surface area contributed by atoms with Crippen LogP contribution >= 0.6 is 24.2 Å². The normalized spacial score (nSPS) is 15.8. The Morgan fingerprint density at radius 2 is 2.16 bits per heavy atom. The van der Waals surface area contributed by atoms with Gasteiger partial charge in [-0.1, -0.05) is 11.6 Å². The number of carbonyl (C=O) groups excluding carboxylic acids is 1. The van der Waals surface area contributed by atoms with Crippen molar-refractivity contribution in [2.24, 2.45) is 0 Å². The predicted octanol–water partition coefficient (Wildman–Crippen LogP) is 4.47. The van der Waals surface area contributed by atoms with Crippen LogP contribution in [0.1, 0.15) is 12.8 Å². The Kier molecular flexibility index (Phi) is 6.86. The van der Waals surface area contributed by atoms with Crippen molar-refractivity contribution < 1.29 is 18.7 Å². The zero-order valence-electron chi connectivity index (χ0n) is 17.3. The first-order valence-electron chi connectivity index (χ1n) is 10.1. The SMILES string of the molecule is COc1cc2ncnc(Nc3ccc(F)c(Cl)c3)c2cc1O[C@H]1CCN(C(=O)CCS)C1. The quantitative estimate of drug-likeness (QED) is 0.490. The summed E-state index contributed by atoms with van der Waals surface area (Å²) in [5, 5.41) is 3.86. The molecule has 0 aliphatic carbocycles. The largest absolute Gasteiger partial charge is 0.493 e. The maximum atomic E-state index is 13.5. The maximum Gasteiger partial charge on any atom is 0.223 e. The van der Waals surface area contributed by atoms with Gasteiger partial charge >= 0.3 is 0 Å². The highest BCUT2D eigenvalue weighted by Crippen LogP contribution is 2.36. The van der Waals surface area contributed by atoms with Crippen molar-refractivity contribution in [2.75, 3.05) is 31.3 Å². The lowest BCUT2D eigenvalue weighted by molar-refractivity contribution is -0.129. The van der Waals surface area contributed by atoms with Gasteiger partial charge < -0.3 is 19.7 Å². The molecule has 1 aromatic heterocycles. The lowest BCUT2D eigenvalue weighted by atomic mass is 10.2. The van der Waals surface area contributed by atoms with Crippen LogP contribution in [-0.2, 0) is 4.79 Å². The van der Waals surface area contributed by atoms with Crippen LogP contribution in [0.3, 0.4) is 0 Å². The number of amides is 1. The van der Waals surface area contributed by atoms with Gasteiger partial charge in [-0.25, -0.2) is 14.4 Å². The molecule has 1 N–H and O–H groups in total. The minimum Gasteiger partial charge on any atom is -0.493 e. The summed E-state index contributed by atoms with van der Waals surface area (Å²) >= 11 is 10.0. The van der Waals surface area contributed by atoms with Crippen LogP contribution in [0.25, 0.3) is 10.9 Å². The Morgan fingerprint density at radius 1 is 1.31 bits per heavy atom. The van der Waals surface area contributed by atoms with Gasteiger partial charge in [0.25, 0.3) is 0 Å². The van der Waals surface area contributed by atoms with Gasteiger partial charge in [-0.3, -0.25) is 4.79 Å². The molecule has 2 aromatic carbocycles. The Morgan fingerprint density at radius 3 is 2.91 bits per heavy atom. The Balaban J connectivity index is 1.61. The van der Waals surface area contributed by atoms with E-state index < -0.39 is 5.82 Å². The van der Waals surface area contributed by atoms with Crippen molar-refractivity contribution in [1.82, 2.24) is 14.9 Å². The standard InChI is InChI=1S/C22H22ClFN4O3S/c1-30-19-10-18-15(9-20(19)31-14-4-6-28(11-14)21(29)5-7-32)22(26-12-25-18)27-13-2-3-17(24)16(23)8-13/h2-3,8-10,12,14,32H,4-7,11H2,1H3,(H,25,26,27)/t14-/m0/s1. The number of hydrogen-bond acceptors (Lipinski definition) is 7. The summed E-state index contributed by atoms with van der Waals surface area (Å²) < 4.78 is 25.2. The number of benzene rings is 2. The zero-order valence-corrected chi connectivity index (χ0v) is 19.0. The van der Waals surface area contributed by atoms with Crippen molar-refractivity contribution in [2.45, 2.75) is 18.9 Å². The first-order valence-corrected chi connectivity index (χ1v) is 11.1. The molecular weight excluding hydrogens is 455 g/mol. The van der Waals surface area contributed by atoms with Gasteiger partial charge in [0.1, 0.15) is 24.1 Å². The first kappa shape index (κ1) is 22.4. The van der Waals surface area contributed by atoms with Crippen LogP contribution in [0.5, 0.6) is 11.5 Å². The third-order valence-corrected chi connectivity index (χ3v) is 5.73. The molecule has 0 saturated carbocycles. The summed E-state index contributed by atoms with van der Waals surface area (Å²) in [6.45, 7) is 1.16. The van der Waals surface area contributed by atoms with Crippen molar-refractivity contribution in [3.63, 3.8) is 0 Å². The Bertz CT molecular complexity index is 1150. The Labute approximate surface area is 195 Å². The van der Waals surface area contributed by atoms with Gasteiger partial charge in [-0.15, -0.1) is 0 Å². The van der Waals surface area contributed by atoms with E-state index in [2.05, 4.69) is 27.9 Å². The van der Waals surface area contributed by atoms with E-state index in [0.29, 0.717) is 59.2 Å². The molecule has 0 spiro atoms. The van der Waals surface area contributed by atoms with E-state index in [1.807, 2.05) is 0 Å². The van der Waals surface area contributed by atoms with Crippen LogP contribution in [0, 0.1) is 5.82 Å². The molecule has 32 heavy (non-hydrogen) atoms. The average molecular weight is 477 g/mol. The molecule has 2 heterocycles. The molecule has 1 saturated heterocycles. The maximum absolute atomic E-state index is 13.5. The van der Waals surface area contributed by atoms with Gasteiger partial charge in [-0.05, 0) is 30.0 Å². The van der Waals surface area contributed by atoms with Gasteiger partial charge in [0.2, 0.25) is 5.91 Å². The third-order valence-electron chi connectivity index (χ3n) is 5.22. The van der Waals surface area contributed by atoms with Crippen LogP contribution in [0.4, 0.5) is 15.9 Å². The molecule has 168 valence electrons. The monoisotopic (exact) mass is 476 g/mol. The van der Waals surface area contributed by atoms with E-state index >= 15 is 0 Å². The molecule has 10 heteroatoms. The van der Waals surface area contributed by atoms with Crippen molar-refractivity contribution in [1.29, 1.82) is 0 Å². The number of hydrogen-bond donors (Lipinski definition) is 2. The summed E-state index contributed by atoms with van der Waals surface area (Å²) in [6, 6.07) is 7.92. The van der Waals surface area contributed by atoms with Gasteiger partial charge in [-0.2, -0.15) is 12.6 Å². The first-order chi connectivity index (χ1) is 15.5. The smallest absolute Gasteiger partial charge is 0.223 e. The summed E-state index contributed by atoms with van der Waals surface area (Å²) in [5.41, 5.74) is 1.24. The van der Waals surface area contributed by atoms with E-state index in [1.54, 1.807) is 30.2 Å². The second-order valence-corrected chi connectivity index (χ2v) is 8.19. The summed E-state index contributed by atoms with van der Waals surface area (Å²) in [7, 11) is 1.56. The molecule has 1 aliphatic rings. The van der Waals surface area contributed by atoms with Gasteiger partial charge in [0, 0.05) is 36.5 Å². The summed E-state index contributed by atoms with van der Waals surface area (Å²) in [5.74, 6) is 1.69. The highest BCUT2D eigenvalue weighted by atomic mass is 35.5. The summed E-state index contributed by atoms with van der Waals surface area (Å²) in [4.78, 5) is 22.6. The zero-order chi connectivity index (χ0) is 22.7. The lowest BCUT2D eigenvalue weighted by Crippen LogP contribution is -2.31. The molecule has 1 fully saturated rings. The average Bonchev–Trinajstić information content (AvgIpc) is 3.25. The molecule has 0 unspecified atom stereocenters. The third kappa shape index (κ3) is 4.83. The van der Waals surface area contributed by atoms with Crippen LogP contribution in [0.2, 0.25) is 5.02 Å². The van der Waals surface area contributed by atoms with Crippen LogP contribution in [0.15, 0.2) is 36.7 Å². The van der Waals surface area contributed by atoms with Crippen molar-refractivity contribution in [3.05, 3.63) is 47.5 Å². The second kappa shape index (κ2) is 9.79. The molecule has 7 nitrogen and oxygen atoms in total. The molecule has 1 amide bonds. The summed E-state index contributed by atoms with van der Waals surface area (Å²) in [6.07, 6.45) is 2.42. The Hall–Kier alpha value is -2.78. The minimum absolute atomic E-state index is 0.0114. The molecule has 0 radical (unpaired) electrons. The van der Waals surface area contributed by atoms with E-state index in [4.69, 9.17) is 21.1 Å². The van der Waals surface area contributed by atoms with Gasteiger partial charge in [0.15, 0.2) is 11.5 Å². The number of thiol groups is 1. The number of carbonyl (C=O) groups is 1. The number of rotatable bonds is 7.